The van der Waals surface area contributed by atoms with Gasteiger partial charge in [0.1, 0.15) is 11.6 Å². The summed E-state index contributed by atoms with van der Waals surface area (Å²) in [6.45, 7) is 1.70. The number of carbonyl (C=O) groups excluding carboxylic acids is 1. The Hall–Kier alpha value is -3.49. The summed E-state index contributed by atoms with van der Waals surface area (Å²) in [4.78, 5) is 24.8. The van der Waals surface area contributed by atoms with E-state index in [-0.39, 0.29) is 17.6 Å². The second kappa shape index (κ2) is 9.11. The summed E-state index contributed by atoms with van der Waals surface area (Å²) in [6.07, 6.45) is 4.63. The Bertz CT molecular complexity index is 1040. The highest BCUT2D eigenvalue weighted by Gasteiger charge is 2.29. The van der Waals surface area contributed by atoms with Crippen molar-refractivity contribution in [3.8, 4) is 5.75 Å². The molecule has 0 saturated carbocycles. The van der Waals surface area contributed by atoms with Crippen molar-refractivity contribution in [1.82, 2.24) is 25.1 Å². The van der Waals surface area contributed by atoms with E-state index in [4.69, 9.17) is 4.74 Å². The number of aromatic amines is 1. The fourth-order valence-corrected chi connectivity index (χ4v) is 3.58. The highest BCUT2D eigenvalue weighted by molar-refractivity contribution is 5.94. The summed E-state index contributed by atoms with van der Waals surface area (Å²) in [5.41, 5.74) is 2.38. The van der Waals surface area contributed by atoms with Gasteiger partial charge in [-0.1, -0.05) is 6.07 Å². The topological polar surface area (TPSA) is 87.2 Å². The first kappa shape index (κ1) is 20.8. The van der Waals surface area contributed by atoms with E-state index in [9.17, 15) is 9.18 Å². The summed E-state index contributed by atoms with van der Waals surface area (Å²) in [5, 5.41) is 7.47. The predicted molar refractivity (Wildman–Crippen MR) is 114 cm³/mol. The van der Waals surface area contributed by atoms with E-state index < -0.39 is 0 Å². The lowest BCUT2D eigenvalue weighted by atomic mass is 10.0. The molecule has 31 heavy (non-hydrogen) atoms. The molecule has 2 aromatic heterocycles. The van der Waals surface area contributed by atoms with Gasteiger partial charge in [0.05, 0.1) is 17.9 Å². The van der Waals surface area contributed by atoms with Crippen LogP contribution in [0.4, 0.5) is 10.3 Å². The average molecular weight is 424 g/mol. The zero-order chi connectivity index (χ0) is 21.8. The normalized spacial score (nSPS) is 15.8. The quantitative estimate of drug-likeness (QED) is 0.628. The molecule has 0 aliphatic carbocycles. The van der Waals surface area contributed by atoms with E-state index >= 15 is 0 Å². The molecule has 1 atom stereocenters. The largest absolute Gasteiger partial charge is 0.493 e. The number of carbonyl (C=O) groups is 1. The SMILES string of the molecule is CN(C)c1ncc(C(=O)N2CC[C@@H](c3cc(CCOc4cccc(F)c4)[nH]n3)C2)cn1. The van der Waals surface area contributed by atoms with Gasteiger partial charge in [0, 0.05) is 63.7 Å². The van der Waals surface area contributed by atoms with E-state index in [0.29, 0.717) is 43.4 Å². The van der Waals surface area contributed by atoms with E-state index in [1.807, 2.05) is 25.1 Å². The van der Waals surface area contributed by atoms with Crippen LogP contribution in [0.1, 0.15) is 34.1 Å². The molecule has 1 saturated heterocycles. The maximum Gasteiger partial charge on any atom is 0.257 e. The lowest BCUT2D eigenvalue weighted by Crippen LogP contribution is -2.29. The van der Waals surface area contributed by atoms with Crippen molar-refractivity contribution in [3.63, 3.8) is 0 Å². The highest BCUT2D eigenvalue weighted by Crippen LogP contribution is 2.27. The fourth-order valence-electron chi connectivity index (χ4n) is 3.58. The van der Waals surface area contributed by atoms with Crippen molar-refractivity contribution in [2.45, 2.75) is 18.8 Å². The number of nitrogens with zero attached hydrogens (tertiary/aromatic N) is 5. The molecule has 3 heterocycles. The summed E-state index contributed by atoms with van der Waals surface area (Å²) in [7, 11) is 3.71. The molecule has 0 unspecified atom stereocenters. The van der Waals surface area contributed by atoms with Gasteiger partial charge in [0.2, 0.25) is 5.95 Å². The van der Waals surface area contributed by atoms with Crippen molar-refractivity contribution in [1.29, 1.82) is 0 Å². The summed E-state index contributed by atoms with van der Waals surface area (Å²) in [6, 6.07) is 8.11. The van der Waals surface area contributed by atoms with Crippen LogP contribution in [-0.2, 0) is 6.42 Å². The molecule has 3 aromatic rings. The number of halogens is 1. The zero-order valence-electron chi connectivity index (χ0n) is 17.6. The minimum Gasteiger partial charge on any atom is -0.493 e. The summed E-state index contributed by atoms with van der Waals surface area (Å²) >= 11 is 0. The molecule has 9 heteroatoms. The Morgan fingerprint density at radius 3 is 2.84 bits per heavy atom. The number of nitrogens with one attached hydrogen (secondary N) is 1. The Morgan fingerprint density at radius 1 is 1.29 bits per heavy atom. The van der Waals surface area contributed by atoms with Gasteiger partial charge in [0.25, 0.3) is 5.91 Å². The van der Waals surface area contributed by atoms with Crippen molar-refractivity contribution < 1.29 is 13.9 Å². The van der Waals surface area contributed by atoms with E-state index in [1.165, 1.54) is 12.1 Å². The number of benzene rings is 1. The molecular weight excluding hydrogens is 399 g/mol. The molecule has 8 nitrogen and oxygen atoms in total. The number of hydrogen-bond donors (Lipinski definition) is 1. The second-order valence-electron chi connectivity index (χ2n) is 7.78. The first-order valence-corrected chi connectivity index (χ1v) is 10.2. The molecule has 1 amide bonds. The molecule has 1 aliphatic heterocycles. The molecule has 162 valence electrons. The van der Waals surface area contributed by atoms with Gasteiger partial charge in [-0.3, -0.25) is 9.89 Å². The van der Waals surface area contributed by atoms with Crippen LogP contribution in [0, 0.1) is 5.82 Å². The maximum atomic E-state index is 13.2. The van der Waals surface area contributed by atoms with Crippen molar-refractivity contribution in [2.24, 2.45) is 0 Å². The third kappa shape index (κ3) is 4.99. The van der Waals surface area contributed by atoms with Gasteiger partial charge in [-0.15, -0.1) is 0 Å². The van der Waals surface area contributed by atoms with Crippen molar-refractivity contribution in [2.75, 3.05) is 38.7 Å². The zero-order valence-corrected chi connectivity index (χ0v) is 17.6. The number of amides is 1. The molecule has 0 bridgehead atoms. The van der Waals surface area contributed by atoms with Gasteiger partial charge in [-0.25, -0.2) is 14.4 Å². The van der Waals surface area contributed by atoms with E-state index in [1.54, 1.807) is 29.4 Å². The molecular formula is C22H25FN6O2. The van der Waals surface area contributed by atoms with Gasteiger partial charge in [-0.05, 0) is 24.6 Å². The van der Waals surface area contributed by atoms with Gasteiger partial charge in [-0.2, -0.15) is 5.10 Å². The molecule has 1 aromatic carbocycles. The number of ether oxygens (including phenoxy) is 1. The minimum absolute atomic E-state index is 0.0629. The monoisotopic (exact) mass is 424 g/mol. The van der Waals surface area contributed by atoms with Crippen LogP contribution in [0.3, 0.4) is 0 Å². The third-order valence-electron chi connectivity index (χ3n) is 5.27. The average Bonchev–Trinajstić information content (AvgIpc) is 3.43. The maximum absolute atomic E-state index is 13.2. The molecule has 1 fully saturated rings. The first-order valence-electron chi connectivity index (χ1n) is 10.2. The molecule has 0 spiro atoms. The third-order valence-corrected chi connectivity index (χ3v) is 5.27. The van der Waals surface area contributed by atoms with Crippen molar-refractivity contribution >= 4 is 11.9 Å². The van der Waals surface area contributed by atoms with Crippen LogP contribution in [0.25, 0.3) is 0 Å². The van der Waals surface area contributed by atoms with E-state index in [2.05, 4.69) is 20.2 Å². The number of rotatable bonds is 7. The van der Waals surface area contributed by atoms with Gasteiger partial charge < -0.3 is 14.5 Å². The summed E-state index contributed by atoms with van der Waals surface area (Å²) in [5.74, 6) is 0.877. The smallest absolute Gasteiger partial charge is 0.257 e. The van der Waals surface area contributed by atoms with Crippen LogP contribution in [-0.4, -0.2) is 64.8 Å². The van der Waals surface area contributed by atoms with Crippen LogP contribution in [0.5, 0.6) is 5.75 Å². The van der Waals surface area contributed by atoms with Crippen LogP contribution < -0.4 is 9.64 Å². The first-order chi connectivity index (χ1) is 15.0. The number of H-pyrrole nitrogens is 1. The molecule has 1 aliphatic rings. The number of anilines is 1. The van der Waals surface area contributed by atoms with Gasteiger partial charge in [0.15, 0.2) is 0 Å². The lowest BCUT2D eigenvalue weighted by Gasteiger charge is -2.16. The Morgan fingerprint density at radius 2 is 2.10 bits per heavy atom. The fraction of sp³-hybridized carbons (Fsp3) is 0.364. The van der Waals surface area contributed by atoms with Crippen LogP contribution in [0.2, 0.25) is 0 Å². The van der Waals surface area contributed by atoms with Crippen molar-refractivity contribution in [3.05, 3.63) is 65.5 Å². The van der Waals surface area contributed by atoms with Gasteiger partial charge >= 0.3 is 0 Å². The van der Waals surface area contributed by atoms with E-state index in [0.717, 1.165) is 17.8 Å². The Kier molecular flexibility index (Phi) is 6.11. The predicted octanol–water partition coefficient (Wildman–Crippen LogP) is 2.66. The molecule has 1 N–H and O–H groups in total. The Balaban J connectivity index is 1.30. The minimum atomic E-state index is -0.318. The number of aromatic nitrogens is 4. The number of likely N-dealkylation sites (tertiary alicyclic amines) is 1. The lowest BCUT2D eigenvalue weighted by molar-refractivity contribution is 0.0790. The number of hydrogen-bond acceptors (Lipinski definition) is 6. The summed E-state index contributed by atoms with van der Waals surface area (Å²) < 4.78 is 18.8. The molecule has 0 radical (unpaired) electrons. The van der Waals surface area contributed by atoms with Crippen LogP contribution in [0.15, 0.2) is 42.7 Å². The highest BCUT2D eigenvalue weighted by atomic mass is 19.1. The standard InChI is InChI=1S/C22H25FN6O2/c1-28(2)22-24-12-16(13-25-22)21(30)29-8-6-15(14-29)20-11-18(26-27-20)7-9-31-19-5-3-4-17(23)10-19/h3-5,10-13,15H,6-9,14H2,1-2H3,(H,26,27)/t15-/m1/s1. The second-order valence-corrected chi connectivity index (χ2v) is 7.78. The Labute approximate surface area is 180 Å². The van der Waals surface area contributed by atoms with Crippen LogP contribution >= 0.6 is 0 Å². The molecule has 4 rings (SSSR count).